The Bertz CT molecular complexity index is 852. The van der Waals surface area contributed by atoms with Gasteiger partial charge in [-0.05, 0) is 38.1 Å². The molecule has 0 aliphatic carbocycles. The third-order valence-corrected chi connectivity index (χ3v) is 5.31. The van der Waals surface area contributed by atoms with Gasteiger partial charge in [-0.15, -0.1) is 0 Å². The van der Waals surface area contributed by atoms with Crippen molar-refractivity contribution in [1.82, 2.24) is 4.72 Å². The van der Waals surface area contributed by atoms with Gasteiger partial charge in [-0.1, -0.05) is 41.4 Å². The van der Waals surface area contributed by atoms with Crippen molar-refractivity contribution < 1.29 is 22.7 Å². The van der Waals surface area contributed by atoms with Crippen LogP contribution < -0.4 is 9.46 Å². The van der Waals surface area contributed by atoms with Crippen molar-refractivity contribution in [1.29, 1.82) is 0 Å². The van der Waals surface area contributed by atoms with E-state index in [1.165, 1.54) is 19.1 Å². The molecule has 6 nitrogen and oxygen atoms in total. The van der Waals surface area contributed by atoms with E-state index in [1.807, 2.05) is 6.92 Å². The molecule has 140 valence electrons. The first-order valence-corrected chi connectivity index (χ1v) is 9.78. The fraction of sp³-hybridized carbons (Fsp3) is 0.278. The van der Waals surface area contributed by atoms with E-state index in [-0.39, 0.29) is 18.1 Å². The van der Waals surface area contributed by atoms with Gasteiger partial charge in [0, 0.05) is 0 Å². The Morgan fingerprint density at radius 1 is 1.12 bits per heavy atom. The number of nitrogens with one attached hydrogen (secondary N) is 1. The normalized spacial score (nSPS) is 12.4. The number of halogens is 1. The number of hydrogen-bond acceptors (Lipinski definition) is 5. The van der Waals surface area contributed by atoms with E-state index in [0.29, 0.717) is 10.8 Å². The number of benzene rings is 2. The molecule has 0 unspecified atom stereocenters. The maximum Gasteiger partial charge on any atom is 0.324 e. The van der Waals surface area contributed by atoms with Crippen LogP contribution in [0.3, 0.4) is 0 Å². The molecule has 0 saturated heterocycles. The molecule has 0 saturated carbocycles. The van der Waals surface area contributed by atoms with Gasteiger partial charge in [-0.2, -0.15) is 4.72 Å². The lowest BCUT2D eigenvalue weighted by atomic mass is 10.2. The van der Waals surface area contributed by atoms with E-state index in [9.17, 15) is 13.2 Å². The average Bonchev–Trinajstić information content (AvgIpc) is 2.60. The molecule has 0 fully saturated rings. The number of hydrogen-bond donors (Lipinski definition) is 1. The molecular formula is C18H20ClNO5S. The van der Waals surface area contributed by atoms with Gasteiger partial charge in [0.25, 0.3) is 0 Å². The number of rotatable bonds is 8. The summed E-state index contributed by atoms with van der Waals surface area (Å²) in [6.45, 7) is 3.35. The topological polar surface area (TPSA) is 81.7 Å². The number of sulfonamides is 1. The minimum Gasteiger partial charge on any atom is -0.488 e. The van der Waals surface area contributed by atoms with Crippen molar-refractivity contribution in [3.05, 3.63) is 59.1 Å². The van der Waals surface area contributed by atoms with Gasteiger partial charge in [0.05, 0.1) is 9.92 Å². The monoisotopic (exact) mass is 397 g/mol. The Labute approximate surface area is 158 Å². The van der Waals surface area contributed by atoms with Crippen molar-refractivity contribution in [3.8, 4) is 5.75 Å². The van der Waals surface area contributed by atoms with E-state index in [0.717, 1.165) is 5.56 Å². The first kappa shape index (κ1) is 20.2. The molecule has 0 bridgehead atoms. The molecule has 1 atom stereocenters. The molecule has 1 N–H and O–H groups in total. The molecule has 2 aromatic rings. The molecule has 0 heterocycles. The number of ether oxygens (including phenoxy) is 2. The molecule has 0 radical (unpaired) electrons. The summed E-state index contributed by atoms with van der Waals surface area (Å²) in [6.07, 6.45) is 0. The Hall–Kier alpha value is -2.09. The van der Waals surface area contributed by atoms with Crippen LogP contribution in [0.15, 0.2) is 53.4 Å². The summed E-state index contributed by atoms with van der Waals surface area (Å²) >= 11 is 5.95. The molecular weight excluding hydrogens is 378 g/mol. The van der Waals surface area contributed by atoms with E-state index < -0.39 is 22.0 Å². The summed E-state index contributed by atoms with van der Waals surface area (Å²) in [6, 6.07) is 12.2. The second kappa shape index (κ2) is 9.02. The van der Waals surface area contributed by atoms with Gasteiger partial charge >= 0.3 is 5.97 Å². The highest BCUT2D eigenvalue weighted by molar-refractivity contribution is 7.89. The fourth-order valence-electron chi connectivity index (χ4n) is 2.05. The lowest BCUT2D eigenvalue weighted by Gasteiger charge is -2.14. The maximum atomic E-state index is 12.3. The highest BCUT2D eigenvalue weighted by Gasteiger charge is 2.23. The summed E-state index contributed by atoms with van der Waals surface area (Å²) in [4.78, 5) is 12.0. The third kappa shape index (κ3) is 5.72. The lowest BCUT2D eigenvalue weighted by Crippen LogP contribution is -2.39. The summed E-state index contributed by atoms with van der Waals surface area (Å²) in [5.74, 6) is -0.207. The Kier molecular flexibility index (Phi) is 7.02. The minimum atomic E-state index is -3.80. The largest absolute Gasteiger partial charge is 0.488 e. The van der Waals surface area contributed by atoms with Crippen LogP contribution in [0.1, 0.15) is 12.5 Å². The first-order chi connectivity index (χ1) is 12.3. The maximum absolute atomic E-state index is 12.3. The zero-order chi connectivity index (χ0) is 19.2. The van der Waals surface area contributed by atoms with Crippen LogP contribution in [0.25, 0.3) is 0 Å². The van der Waals surface area contributed by atoms with Crippen LogP contribution >= 0.6 is 11.6 Å². The second-order valence-corrected chi connectivity index (χ2v) is 7.72. The Morgan fingerprint density at radius 3 is 2.42 bits per heavy atom. The van der Waals surface area contributed by atoms with Crippen LogP contribution in [0, 0.1) is 6.92 Å². The number of carbonyl (C=O) groups is 1. The Morgan fingerprint density at radius 2 is 1.77 bits per heavy atom. The fourth-order valence-corrected chi connectivity index (χ4v) is 3.43. The highest BCUT2D eigenvalue weighted by Crippen LogP contribution is 2.22. The smallest absolute Gasteiger partial charge is 0.324 e. The SMILES string of the molecule is Cc1ccc(S(=O)(=O)N[C@@H](C)C(=O)OCCOc2ccccc2Cl)cc1. The second-order valence-electron chi connectivity index (χ2n) is 5.60. The van der Waals surface area contributed by atoms with Gasteiger partial charge in [-0.25, -0.2) is 8.42 Å². The van der Waals surface area contributed by atoms with E-state index in [4.69, 9.17) is 21.1 Å². The van der Waals surface area contributed by atoms with Crippen molar-refractivity contribution in [2.24, 2.45) is 0 Å². The van der Waals surface area contributed by atoms with Crippen LogP contribution in [0.4, 0.5) is 0 Å². The standard InChI is InChI=1S/C18H20ClNO5S/c1-13-7-9-15(10-8-13)26(22,23)20-14(2)18(21)25-12-11-24-17-6-4-3-5-16(17)19/h3-10,14,20H,11-12H2,1-2H3/t14-/m0/s1. The zero-order valence-electron chi connectivity index (χ0n) is 14.4. The van der Waals surface area contributed by atoms with Crippen molar-refractivity contribution in [2.45, 2.75) is 24.8 Å². The molecule has 0 aromatic heterocycles. The molecule has 26 heavy (non-hydrogen) atoms. The summed E-state index contributed by atoms with van der Waals surface area (Å²) < 4.78 is 37.2. The quantitative estimate of drug-likeness (QED) is 0.547. The summed E-state index contributed by atoms with van der Waals surface area (Å²) in [5.41, 5.74) is 0.940. The van der Waals surface area contributed by atoms with Crippen LogP contribution in [0.2, 0.25) is 5.02 Å². The Balaban J connectivity index is 1.81. The predicted octanol–water partition coefficient (Wildman–Crippen LogP) is 2.94. The first-order valence-electron chi connectivity index (χ1n) is 7.92. The van der Waals surface area contributed by atoms with Crippen molar-refractivity contribution in [2.75, 3.05) is 13.2 Å². The number of carbonyl (C=O) groups excluding carboxylic acids is 1. The predicted molar refractivity (Wildman–Crippen MR) is 98.9 cm³/mol. The van der Waals surface area contributed by atoms with Gasteiger partial charge in [0.1, 0.15) is 25.0 Å². The van der Waals surface area contributed by atoms with Gasteiger partial charge in [0.15, 0.2) is 0 Å². The lowest BCUT2D eigenvalue weighted by molar-refractivity contribution is -0.145. The molecule has 2 aromatic carbocycles. The van der Waals surface area contributed by atoms with E-state index in [2.05, 4.69) is 4.72 Å². The molecule has 2 rings (SSSR count). The van der Waals surface area contributed by atoms with Gasteiger partial charge in [-0.3, -0.25) is 4.79 Å². The van der Waals surface area contributed by atoms with Crippen LogP contribution in [-0.4, -0.2) is 33.6 Å². The molecule has 0 aliphatic heterocycles. The van der Waals surface area contributed by atoms with E-state index >= 15 is 0 Å². The summed E-state index contributed by atoms with van der Waals surface area (Å²) in [7, 11) is -3.80. The minimum absolute atomic E-state index is 0.0271. The van der Waals surface area contributed by atoms with Crippen LogP contribution in [-0.2, 0) is 19.6 Å². The highest BCUT2D eigenvalue weighted by atomic mass is 35.5. The van der Waals surface area contributed by atoms with Gasteiger partial charge < -0.3 is 9.47 Å². The number of esters is 1. The van der Waals surface area contributed by atoms with Crippen LogP contribution in [0.5, 0.6) is 5.75 Å². The number of aryl methyl sites for hydroxylation is 1. The van der Waals surface area contributed by atoms with Crippen molar-refractivity contribution >= 4 is 27.6 Å². The molecule has 0 spiro atoms. The van der Waals surface area contributed by atoms with Gasteiger partial charge in [0.2, 0.25) is 10.0 Å². The molecule has 8 heteroatoms. The number of para-hydroxylation sites is 1. The summed E-state index contributed by atoms with van der Waals surface area (Å²) in [5, 5.41) is 0.457. The van der Waals surface area contributed by atoms with E-state index in [1.54, 1.807) is 36.4 Å². The van der Waals surface area contributed by atoms with Crippen molar-refractivity contribution in [3.63, 3.8) is 0 Å². The third-order valence-electron chi connectivity index (χ3n) is 3.44. The zero-order valence-corrected chi connectivity index (χ0v) is 16.0. The molecule has 0 aliphatic rings. The molecule has 0 amide bonds. The average molecular weight is 398 g/mol.